The molecule has 6 nitrogen and oxygen atoms in total. The van der Waals surface area contributed by atoms with Crippen molar-refractivity contribution in [2.75, 3.05) is 0 Å². The van der Waals surface area contributed by atoms with Crippen LogP contribution in [0.3, 0.4) is 0 Å². The molecule has 40 heavy (non-hydrogen) atoms. The Morgan fingerprint density at radius 3 is 2.50 bits per heavy atom. The van der Waals surface area contributed by atoms with Crippen LogP contribution < -0.4 is 0 Å². The van der Waals surface area contributed by atoms with Crippen molar-refractivity contribution in [3.05, 3.63) is 114 Å². The Balaban J connectivity index is 1.39. The minimum absolute atomic E-state index is 0.187. The van der Waals surface area contributed by atoms with Gasteiger partial charge in [-0.15, -0.1) is 0 Å². The van der Waals surface area contributed by atoms with Crippen LogP contribution >= 0.6 is 0 Å². The summed E-state index contributed by atoms with van der Waals surface area (Å²) in [4.78, 5) is 21.9. The van der Waals surface area contributed by atoms with E-state index in [0.717, 1.165) is 68.8 Å². The molecule has 1 N–H and O–H groups in total. The zero-order valence-corrected chi connectivity index (χ0v) is 23.1. The number of aryl methyl sites for hydroxylation is 2. The van der Waals surface area contributed by atoms with Gasteiger partial charge in [-0.3, -0.25) is 0 Å². The molecular formula is C34H32N4O2. The zero-order chi connectivity index (χ0) is 28.0. The number of nitrogens with zero attached hydrogens (tertiary/aromatic N) is 4. The van der Waals surface area contributed by atoms with E-state index in [1.54, 1.807) is 18.2 Å². The van der Waals surface area contributed by atoms with Gasteiger partial charge in [-0.05, 0) is 79.3 Å². The summed E-state index contributed by atoms with van der Waals surface area (Å²) in [5.74, 6) is 1.57. The fraction of sp³-hybridized carbons (Fsp3) is 0.206. The van der Waals surface area contributed by atoms with Crippen molar-refractivity contribution in [2.45, 2.75) is 39.2 Å². The van der Waals surface area contributed by atoms with E-state index in [-0.39, 0.29) is 5.57 Å². The van der Waals surface area contributed by atoms with Crippen molar-refractivity contribution in [1.29, 1.82) is 0 Å². The van der Waals surface area contributed by atoms with Crippen LogP contribution in [0.4, 0.5) is 0 Å². The Labute approximate surface area is 233 Å². The number of carboxylic acid groups (broad SMARTS) is 1. The fourth-order valence-electron chi connectivity index (χ4n) is 5.41. The van der Waals surface area contributed by atoms with Crippen LogP contribution in [0.15, 0.2) is 91.0 Å². The molecule has 1 fully saturated rings. The lowest BCUT2D eigenvalue weighted by Gasteiger charge is -2.12. The van der Waals surface area contributed by atoms with E-state index in [4.69, 9.17) is 9.97 Å². The minimum Gasteiger partial charge on any atom is -0.478 e. The summed E-state index contributed by atoms with van der Waals surface area (Å²) in [6.07, 6.45) is 7.43. The fourth-order valence-corrected chi connectivity index (χ4v) is 5.41. The summed E-state index contributed by atoms with van der Waals surface area (Å²) in [7, 11) is 2.07. The average Bonchev–Trinajstić information content (AvgIpc) is 3.66. The summed E-state index contributed by atoms with van der Waals surface area (Å²) in [5.41, 5.74) is 9.05. The van der Waals surface area contributed by atoms with E-state index < -0.39 is 5.97 Å². The Hall–Kier alpha value is -4.71. The third-order valence-electron chi connectivity index (χ3n) is 7.72. The molecule has 0 spiro atoms. The first-order valence-corrected chi connectivity index (χ1v) is 13.6. The molecule has 0 saturated heterocycles. The van der Waals surface area contributed by atoms with Crippen LogP contribution in [0.25, 0.3) is 39.0 Å². The molecule has 2 aromatic heterocycles. The summed E-state index contributed by atoms with van der Waals surface area (Å²) in [5, 5.41) is 9.65. The Bertz CT molecular complexity index is 1850. The molecule has 0 aliphatic heterocycles. The van der Waals surface area contributed by atoms with Crippen molar-refractivity contribution in [1.82, 2.24) is 19.1 Å². The van der Waals surface area contributed by atoms with Crippen molar-refractivity contribution >= 4 is 33.6 Å². The van der Waals surface area contributed by atoms with Gasteiger partial charge in [0.25, 0.3) is 0 Å². The molecule has 0 atom stereocenters. The molecule has 2 heterocycles. The quantitative estimate of drug-likeness (QED) is 0.168. The number of allylic oxidation sites excluding steroid dienone is 3. The minimum atomic E-state index is -0.988. The van der Waals surface area contributed by atoms with Crippen molar-refractivity contribution in [2.24, 2.45) is 7.05 Å². The topological polar surface area (TPSA) is 72.9 Å². The first-order valence-electron chi connectivity index (χ1n) is 13.6. The lowest BCUT2D eigenvalue weighted by molar-refractivity contribution is -0.132. The largest absolute Gasteiger partial charge is 0.478 e. The number of rotatable bonds is 8. The van der Waals surface area contributed by atoms with Gasteiger partial charge >= 0.3 is 5.97 Å². The van der Waals surface area contributed by atoms with Gasteiger partial charge in [-0.2, -0.15) is 0 Å². The van der Waals surface area contributed by atoms with Crippen LogP contribution in [0, 0.1) is 6.92 Å². The van der Waals surface area contributed by atoms with Gasteiger partial charge in [0.2, 0.25) is 0 Å². The predicted molar refractivity (Wildman–Crippen MR) is 161 cm³/mol. The number of para-hydroxylation sites is 2. The SMILES string of the molecule is C=C(/C(=C\C=C/C)C(=O)O)c1ccc(Cn2c(C3CC3)nc3c(C)cc(-c4nc5ccccc5n4C)cc32)cc1. The van der Waals surface area contributed by atoms with Crippen molar-refractivity contribution in [3.63, 3.8) is 0 Å². The normalized spacial score (nSPS) is 14.0. The highest BCUT2D eigenvalue weighted by molar-refractivity contribution is 6.05. The van der Waals surface area contributed by atoms with Crippen LogP contribution in [-0.4, -0.2) is 30.2 Å². The molecule has 1 aliphatic rings. The number of fused-ring (bicyclic) bond motifs is 2. The molecule has 1 saturated carbocycles. The lowest BCUT2D eigenvalue weighted by atomic mass is 9.98. The van der Waals surface area contributed by atoms with E-state index in [9.17, 15) is 9.90 Å². The number of benzene rings is 3. The number of aromatic nitrogens is 4. The number of hydrogen-bond donors (Lipinski definition) is 1. The third kappa shape index (κ3) is 4.56. The summed E-state index contributed by atoms with van der Waals surface area (Å²) in [6, 6.07) is 20.7. The van der Waals surface area contributed by atoms with Gasteiger partial charge in [0, 0.05) is 25.1 Å². The molecule has 0 unspecified atom stereocenters. The van der Waals surface area contributed by atoms with Gasteiger partial charge < -0.3 is 14.2 Å². The maximum absolute atomic E-state index is 11.8. The van der Waals surface area contributed by atoms with Gasteiger partial charge in [-0.1, -0.05) is 55.1 Å². The predicted octanol–water partition coefficient (Wildman–Crippen LogP) is 7.42. The number of imidazole rings is 2. The molecule has 0 bridgehead atoms. The Kier molecular flexibility index (Phi) is 6.46. The highest BCUT2D eigenvalue weighted by Gasteiger charge is 2.30. The summed E-state index contributed by atoms with van der Waals surface area (Å²) in [6.45, 7) is 8.72. The van der Waals surface area contributed by atoms with Crippen LogP contribution in [0.2, 0.25) is 0 Å². The second-order valence-electron chi connectivity index (χ2n) is 10.6. The zero-order valence-electron chi connectivity index (χ0n) is 23.1. The van der Waals surface area contributed by atoms with Gasteiger partial charge in [0.15, 0.2) is 0 Å². The molecule has 6 rings (SSSR count). The van der Waals surface area contributed by atoms with Crippen LogP contribution in [-0.2, 0) is 18.4 Å². The molecule has 200 valence electrons. The molecule has 5 aromatic rings. The monoisotopic (exact) mass is 528 g/mol. The molecule has 6 heteroatoms. The third-order valence-corrected chi connectivity index (χ3v) is 7.72. The van der Waals surface area contributed by atoms with Crippen LogP contribution in [0.5, 0.6) is 0 Å². The Morgan fingerprint density at radius 2 is 1.82 bits per heavy atom. The lowest BCUT2D eigenvalue weighted by Crippen LogP contribution is -2.05. The second-order valence-corrected chi connectivity index (χ2v) is 10.6. The molecule has 3 aromatic carbocycles. The van der Waals surface area contributed by atoms with E-state index in [1.807, 2.05) is 37.3 Å². The van der Waals surface area contributed by atoms with E-state index in [0.29, 0.717) is 18.0 Å². The summed E-state index contributed by atoms with van der Waals surface area (Å²) >= 11 is 0. The molecule has 0 amide bonds. The van der Waals surface area contributed by atoms with Gasteiger partial charge in [0.1, 0.15) is 11.6 Å². The first kappa shape index (κ1) is 25.6. The first-order chi connectivity index (χ1) is 19.4. The highest BCUT2D eigenvalue weighted by atomic mass is 16.4. The average molecular weight is 529 g/mol. The molecular weight excluding hydrogens is 496 g/mol. The molecule has 1 aliphatic carbocycles. The number of hydrogen-bond acceptors (Lipinski definition) is 3. The summed E-state index contributed by atoms with van der Waals surface area (Å²) < 4.78 is 4.50. The number of aliphatic carboxylic acids is 1. The maximum Gasteiger partial charge on any atom is 0.336 e. The van der Waals surface area contributed by atoms with Gasteiger partial charge in [0.05, 0.1) is 27.6 Å². The molecule has 0 radical (unpaired) electrons. The van der Waals surface area contributed by atoms with E-state index in [1.165, 1.54) is 0 Å². The van der Waals surface area contributed by atoms with E-state index in [2.05, 4.69) is 60.0 Å². The number of carboxylic acids is 1. The van der Waals surface area contributed by atoms with Crippen molar-refractivity contribution < 1.29 is 9.90 Å². The smallest absolute Gasteiger partial charge is 0.336 e. The maximum atomic E-state index is 11.8. The second kappa shape index (κ2) is 10.1. The highest BCUT2D eigenvalue weighted by Crippen LogP contribution is 2.42. The van der Waals surface area contributed by atoms with Crippen molar-refractivity contribution in [3.8, 4) is 11.4 Å². The Morgan fingerprint density at radius 1 is 1.07 bits per heavy atom. The van der Waals surface area contributed by atoms with E-state index >= 15 is 0 Å². The standard InChI is InChI=1S/C34H32N4O2/c1-5-6-9-27(34(39)40)22(3)24-14-12-23(13-15-24)20-38-30-19-26(18-21(2)31(30)36-33(38)25-16-17-25)32-35-28-10-7-8-11-29(28)37(32)4/h5-15,18-19,25H,3,16-17,20H2,1-2,4H3,(H,39,40)/b6-5-,27-9+. The number of carbonyl (C=O) groups is 1. The van der Waals surface area contributed by atoms with Crippen LogP contribution in [0.1, 0.15) is 48.2 Å². The van der Waals surface area contributed by atoms with Gasteiger partial charge in [-0.25, -0.2) is 14.8 Å².